The van der Waals surface area contributed by atoms with Crippen LogP contribution in [0, 0.1) is 0 Å². The zero-order chi connectivity index (χ0) is 37.3. The van der Waals surface area contributed by atoms with Gasteiger partial charge >= 0.3 is 0 Å². The second-order valence-corrected chi connectivity index (χ2v) is 12.9. The van der Waals surface area contributed by atoms with E-state index in [1.54, 1.807) is 0 Å². The van der Waals surface area contributed by atoms with Gasteiger partial charge in [-0.3, -0.25) is 4.79 Å². The average Bonchev–Trinajstić information content (AvgIpc) is 3.22. The highest BCUT2D eigenvalue weighted by Gasteiger charge is 2.21. The lowest BCUT2D eigenvalue weighted by molar-refractivity contribution is -0.538. The van der Waals surface area contributed by atoms with Gasteiger partial charge in [0.25, 0.3) is 0 Å². The fourth-order valence-corrected chi connectivity index (χ4v) is 6.41. The molecule has 0 aliphatic rings. The summed E-state index contributed by atoms with van der Waals surface area (Å²) in [6, 6.07) is 38.5. The summed E-state index contributed by atoms with van der Waals surface area (Å²) in [5.41, 5.74) is 10.4. The highest BCUT2D eigenvalue weighted by atomic mass is 16.1. The molecule has 12 nitrogen and oxygen atoms in total. The molecule has 0 radical (unpaired) electrons. The van der Waals surface area contributed by atoms with Gasteiger partial charge in [0.2, 0.25) is 28.5 Å². The summed E-state index contributed by atoms with van der Waals surface area (Å²) in [5, 5.41) is 27.7. The van der Waals surface area contributed by atoms with Gasteiger partial charge in [-0.1, -0.05) is 42.5 Å². The van der Waals surface area contributed by atoms with Gasteiger partial charge < -0.3 is 15.1 Å². The van der Waals surface area contributed by atoms with Crippen molar-refractivity contribution in [1.29, 1.82) is 0 Å². The van der Waals surface area contributed by atoms with Crippen molar-refractivity contribution >= 4 is 50.7 Å². The minimum Gasteiger partial charge on any atom is -0.375 e. The maximum atomic E-state index is 12.5. The Kier molecular flexibility index (Phi) is 11.1. The Hall–Kier alpha value is -6.69. The van der Waals surface area contributed by atoms with Gasteiger partial charge in [-0.25, -0.2) is 4.98 Å². The molecule has 7 rings (SSSR count). The van der Waals surface area contributed by atoms with Crippen LogP contribution in [0.1, 0.15) is 32.3 Å². The Bertz CT molecular complexity index is 2370. The van der Waals surface area contributed by atoms with E-state index in [0.717, 1.165) is 82.0 Å². The zero-order valence-electron chi connectivity index (χ0n) is 30.7. The van der Waals surface area contributed by atoms with Crippen LogP contribution in [0.15, 0.2) is 132 Å². The van der Waals surface area contributed by atoms with E-state index in [1.165, 1.54) is 12.0 Å². The second kappa shape index (κ2) is 16.8. The molecule has 0 fully saturated rings. The molecule has 270 valence electrons. The number of para-hydroxylation sites is 1. The number of rotatable bonds is 14. The lowest BCUT2D eigenvalue weighted by Crippen LogP contribution is -2.33. The van der Waals surface area contributed by atoms with Gasteiger partial charge in [0, 0.05) is 80.9 Å². The van der Waals surface area contributed by atoms with Crippen molar-refractivity contribution in [3.8, 4) is 17.1 Å². The molecule has 7 aromatic rings. The zero-order valence-corrected chi connectivity index (χ0v) is 30.7. The summed E-state index contributed by atoms with van der Waals surface area (Å²) in [4.78, 5) is 22.0. The van der Waals surface area contributed by atoms with Crippen LogP contribution in [-0.4, -0.2) is 58.0 Å². The Labute approximate surface area is 314 Å². The first-order valence-electron chi connectivity index (χ1n) is 18.2. The van der Waals surface area contributed by atoms with E-state index in [9.17, 15) is 4.79 Å². The quantitative estimate of drug-likeness (QED) is 0.0689. The SMILES string of the molecule is CCN(CC)c1ccc2nc3ccc(N=Nc4ccc(N(C)CCCC(=O)NCc5ccc(-c6nncnn6)cc5)cc4)cc3[n+](-c3ccccc3)c2c1. The molecule has 0 saturated heterocycles. The van der Waals surface area contributed by atoms with Crippen molar-refractivity contribution in [3.05, 3.63) is 127 Å². The molecule has 2 heterocycles. The maximum Gasteiger partial charge on any atom is 0.239 e. The Morgan fingerprint density at radius 2 is 1.39 bits per heavy atom. The number of nitrogens with zero attached hydrogens (tertiary/aromatic N) is 10. The molecule has 0 saturated carbocycles. The summed E-state index contributed by atoms with van der Waals surface area (Å²) >= 11 is 0. The molecular formula is C42H42N11O+. The first kappa shape index (κ1) is 35.7. The van der Waals surface area contributed by atoms with Crippen molar-refractivity contribution in [2.45, 2.75) is 33.2 Å². The minimum atomic E-state index is 0.0133. The molecule has 12 heteroatoms. The molecule has 0 spiro atoms. The molecule has 54 heavy (non-hydrogen) atoms. The largest absolute Gasteiger partial charge is 0.375 e. The molecule has 0 unspecified atom stereocenters. The first-order chi connectivity index (χ1) is 26.5. The Morgan fingerprint density at radius 3 is 2.11 bits per heavy atom. The maximum absolute atomic E-state index is 12.5. The van der Waals surface area contributed by atoms with Crippen LogP contribution < -0.4 is 19.7 Å². The molecule has 0 aliphatic carbocycles. The minimum absolute atomic E-state index is 0.0133. The average molecular weight is 717 g/mol. The smallest absolute Gasteiger partial charge is 0.239 e. The third-order valence-corrected chi connectivity index (χ3v) is 9.36. The Morgan fingerprint density at radius 1 is 0.741 bits per heavy atom. The van der Waals surface area contributed by atoms with Crippen LogP contribution >= 0.6 is 0 Å². The van der Waals surface area contributed by atoms with E-state index < -0.39 is 0 Å². The van der Waals surface area contributed by atoms with Crippen molar-refractivity contribution in [2.75, 3.05) is 36.5 Å². The number of fused-ring (bicyclic) bond motifs is 2. The molecule has 0 aliphatic heterocycles. The Balaban J connectivity index is 0.978. The number of anilines is 2. The summed E-state index contributed by atoms with van der Waals surface area (Å²) in [5.74, 6) is 0.477. The normalized spacial score (nSPS) is 11.3. The predicted octanol–water partition coefficient (Wildman–Crippen LogP) is 7.71. The second-order valence-electron chi connectivity index (χ2n) is 12.9. The third kappa shape index (κ3) is 8.34. The van der Waals surface area contributed by atoms with E-state index >= 15 is 0 Å². The topological polar surface area (TPSA) is 129 Å². The third-order valence-electron chi connectivity index (χ3n) is 9.36. The molecule has 0 bridgehead atoms. The summed E-state index contributed by atoms with van der Waals surface area (Å²) in [6.07, 6.45) is 2.45. The summed E-state index contributed by atoms with van der Waals surface area (Å²) < 4.78 is 2.26. The number of amides is 1. The summed E-state index contributed by atoms with van der Waals surface area (Å²) in [7, 11) is 2.03. The molecular weight excluding hydrogens is 675 g/mol. The molecule has 0 atom stereocenters. The highest BCUT2D eigenvalue weighted by molar-refractivity contribution is 5.85. The van der Waals surface area contributed by atoms with Crippen LogP contribution in [0.3, 0.4) is 0 Å². The van der Waals surface area contributed by atoms with Gasteiger partial charge in [0.15, 0.2) is 6.33 Å². The van der Waals surface area contributed by atoms with E-state index in [4.69, 9.17) is 4.98 Å². The number of hydrogen-bond acceptors (Lipinski definition) is 10. The fraction of sp³-hybridized carbons (Fsp3) is 0.214. The first-order valence-corrected chi connectivity index (χ1v) is 18.2. The fourth-order valence-electron chi connectivity index (χ4n) is 6.41. The van der Waals surface area contributed by atoms with Crippen molar-refractivity contribution in [3.63, 3.8) is 0 Å². The number of carbonyl (C=O) groups excluding carboxylic acids is 1. The summed E-state index contributed by atoms with van der Waals surface area (Å²) in [6.45, 7) is 7.39. The number of nitrogens with one attached hydrogen (secondary N) is 1. The number of carbonyl (C=O) groups is 1. The number of benzene rings is 5. The van der Waals surface area contributed by atoms with Gasteiger partial charge in [-0.05, 0) is 74.4 Å². The van der Waals surface area contributed by atoms with Crippen molar-refractivity contribution in [2.24, 2.45) is 10.2 Å². The van der Waals surface area contributed by atoms with Crippen LogP contribution in [0.4, 0.5) is 22.7 Å². The highest BCUT2D eigenvalue weighted by Crippen LogP contribution is 2.27. The molecule has 2 aromatic heterocycles. The van der Waals surface area contributed by atoms with Crippen LogP contribution in [0.5, 0.6) is 0 Å². The standard InChI is InChI=1S/C42H41N11O/c1-4-52(5-2)36-22-24-38-40(27-36)53(35-10-7-6-8-11-35)39-26-33(19-23-37(39)46-38)48-47-32-17-20-34(21-18-32)51(3)25-9-12-41(54)43-28-30-13-15-31(16-14-30)42-49-44-29-45-50-42/h6-8,10-11,13-24,26-27,29H,4-5,9,12,25,28H2,1-3H3/p+1. The van der Waals surface area contributed by atoms with E-state index in [-0.39, 0.29) is 5.91 Å². The lowest BCUT2D eigenvalue weighted by Gasteiger charge is -2.20. The van der Waals surface area contributed by atoms with Crippen molar-refractivity contribution in [1.82, 2.24) is 30.7 Å². The van der Waals surface area contributed by atoms with E-state index in [0.29, 0.717) is 18.8 Å². The van der Waals surface area contributed by atoms with E-state index in [2.05, 4.69) is 107 Å². The molecule has 1 amide bonds. The van der Waals surface area contributed by atoms with Crippen LogP contribution in [-0.2, 0) is 11.3 Å². The predicted molar refractivity (Wildman–Crippen MR) is 212 cm³/mol. The molecule has 5 aromatic carbocycles. The van der Waals surface area contributed by atoms with Crippen LogP contribution in [0.2, 0.25) is 0 Å². The van der Waals surface area contributed by atoms with Gasteiger partial charge in [0.1, 0.15) is 11.0 Å². The van der Waals surface area contributed by atoms with Gasteiger partial charge in [0.05, 0.1) is 11.4 Å². The van der Waals surface area contributed by atoms with Crippen molar-refractivity contribution < 1.29 is 9.36 Å². The number of aromatic nitrogens is 6. The lowest BCUT2D eigenvalue weighted by atomic mass is 10.1. The van der Waals surface area contributed by atoms with Gasteiger partial charge in [-0.2, -0.15) is 10.2 Å². The monoisotopic (exact) mass is 716 g/mol. The number of azo groups is 1. The van der Waals surface area contributed by atoms with E-state index in [1.807, 2.05) is 79.8 Å². The van der Waals surface area contributed by atoms with Gasteiger partial charge in [-0.15, -0.1) is 25.0 Å². The van der Waals surface area contributed by atoms with Crippen LogP contribution in [0.25, 0.3) is 39.1 Å². The number of hydrogen-bond donors (Lipinski definition) is 1. The molecule has 1 N–H and O–H groups in total.